The van der Waals surface area contributed by atoms with Gasteiger partial charge in [-0.05, 0) is 49.2 Å². The number of pyridine rings is 1. The standard InChI is InChI=1S/C20H20N2O3S/c1-14-4-7-16(8-5-14)17-9-11-18(12-10-17)26(23,24)22-20-19(25-3)13-6-15(2)21-20/h4-13H,1-3H3,(H,21,22). The van der Waals surface area contributed by atoms with Gasteiger partial charge in [0.05, 0.1) is 12.0 Å². The van der Waals surface area contributed by atoms with Crippen molar-refractivity contribution in [1.29, 1.82) is 0 Å². The van der Waals surface area contributed by atoms with Crippen LogP contribution < -0.4 is 9.46 Å². The zero-order valence-corrected chi connectivity index (χ0v) is 15.7. The summed E-state index contributed by atoms with van der Waals surface area (Å²) in [6, 6.07) is 18.3. The molecule has 1 aromatic heterocycles. The Morgan fingerprint density at radius 1 is 0.846 bits per heavy atom. The summed E-state index contributed by atoms with van der Waals surface area (Å²) in [6.45, 7) is 3.81. The van der Waals surface area contributed by atoms with E-state index in [1.54, 1.807) is 43.3 Å². The summed E-state index contributed by atoms with van der Waals surface area (Å²) in [7, 11) is -2.29. The van der Waals surface area contributed by atoms with Gasteiger partial charge >= 0.3 is 0 Å². The lowest BCUT2D eigenvalue weighted by molar-refractivity contribution is 0.415. The van der Waals surface area contributed by atoms with Crippen LogP contribution in [-0.4, -0.2) is 20.5 Å². The van der Waals surface area contributed by atoms with Crippen LogP contribution in [0.5, 0.6) is 5.75 Å². The molecule has 2 aromatic carbocycles. The fourth-order valence-electron chi connectivity index (χ4n) is 2.54. The molecule has 0 saturated heterocycles. The lowest BCUT2D eigenvalue weighted by Crippen LogP contribution is -2.15. The van der Waals surface area contributed by atoms with Gasteiger partial charge in [0, 0.05) is 5.69 Å². The monoisotopic (exact) mass is 368 g/mol. The van der Waals surface area contributed by atoms with Gasteiger partial charge in [0.2, 0.25) is 0 Å². The Balaban J connectivity index is 1.88. The summed E-state index contributed by atoms with van der Waals surface area (Å²) < 4.78 is 33.0. The molecule has 3 aromatic rings. The largest absolute Gasteiger partial charge is 0.493 e. The summed E-state index contributed by atoms with van der Waals surface area (Å²) in [5, 5.41) is 0. The van der Waals surface area contributed by atoms with Gasteiger partial charge in [0.25, 0.3) is 10.0 Å². The van der Waals surface area contributed by atoms with Crippen LogP contribution in [0.15, 0.2) is 65.6 Å². The molecule has 3 rings (SSSR count). The molecular formula is C20H20N2O3S. The van der Waals surface area contributed by atoms with Crippen LogP contribution >= 0.6 is 0 Å². The zero-order chi connectivity index (χ0) is 18.7. The van der Waals surface area contributed by atoms with Crippen LogP contribution in [0.1, 0.15) is 11.3 Å². The van der Waals surface area contributed by atoms with Crippen molar-refractivity contribution < 1.29 is 13.2 Å². The second-order valence-electron chi connectivity index (χ2n) is 6.00. The molecule has 0 bridgehead atoms. The zero-order valence-electron chi connectivity index (χ0n) is 14.9. The Morgan fingerprint density at radius 2 is 1.42 bits per heavy atom. The number of benzene rings is 2. The second-order valence-corrected chi connectivity index (χ2v) is 7.68. The maximum absolute atomic E-state index is 12.7. The first-order chi connectivity index (χ1) is 12.4. The van der Waals surface area contributed by atoms with Gasteiger partial charge in [0.1, 0.15) is 0 Å². The van der Waals surface area contributed by atoms with Crippen molar-refractivity contribution in [2.24, 2.45) is 0 Å². The predicted molar refractivity (Wildman–Crippen MR) is 103 cm³/mol. The summed E-state index contributed by atoms with van der Waals surface area (Å²) >= 11 is 0. The molecule has 5 nitrogen and oxygen atoms in total. The SMILES string of the molecule is COc1ccc(C)nc1NS(=O)(=O)c1ccc(-c2ccc(C)cc2)cc1. The van der Waals surface area contributed by atoms with Crippen molar-refractivity contribution in [3.8, 4) is 16.9 Å². The number of nitrogens with one attached hydrogen (secondary N) is 1. The predicted octanol–water partition coefficient (Wildman–Crippen LogP) is 4.17. The van der Waals surface area contributed by atoms with Crippen molar-refractivity contribution in [2.45, 2.75) is 18.7 Å². The minimum Gasteiger partial charge on any atom is -0.493 e. The first kappa shape index (κ1) is 17.9. The Hall–Kier alpha value is -2.86. The highest BCUT2D eigenvalue weighted by Gasteiger charge is 2.17. The van der Waals surface area contributed by atoms with E-state index >= 15 is 0 Å². The molecule has 0 spiro atoms. The van der Waals surface area contributed by atoms with E-state index < -0.39 is 10.0 Å². The second kappa shape index (κ2) is 7.17. The molecule has 1 N–H and O–H groups in total. The normalized spacial score (nSPS) is 11.2. The average molecular weight is 368 g/mol. The van der Waals surface area contributed by atoms with E-state index in [-0.39, 0.29) is 10.7 Å². The first-order valence-corrected chi connectivity index (χ1v) is 9.59. The minimum absolute atomic E-state index is 0.165. The minimum atomic E-state index is -3.76. The van der Waals surface area contributed by atoms with Crippen LogP contribution in [0.2, 0.25) is 0 Å². The third kappa shape index (κ3) is 3.86. The maximum atomic E-state index is 12.7. The van der Waals surface area contributed by atoms with Crippen LogP contribution in [0.4, 0.5) is 5.82 Å². The van der Waals surface area contributed by atoms with Crippen LogP contribution in [0.25, 0.3) is 11.1 Å². The number of aryl methyl sites for hydroxylation is 2. The van der Waals surface area contributed by atoms with E-state index in [2.05, 4.69) is 9.71 Å². The lowest BCUT2D eigenvalue weighted by atomic mass is 10.0. The Labute approximate surface area is 153 Å². The molecule has 1 heterocycles. The van der Waals surface area contributed by atoms with Crippen molar-refractivity contribution in [2.75, 3.05) is 11.8 Å². The lowest BCUT2D eigenvalue weighted by Gasteiger charge is -2.12. The smallest absolute Gasteiger partial charge is 0.263 e. The summed E-state index contributed by atoms with van der Waals surface area (Å²) in [5.41, 5.74) is 3.86. The maximum Gasteiger partial charge on any atom is 0.263 e. The third-order valence-electron chi connectivity index (χ3n) is 4.00. The molecule has 6 heteroatoms. The molecule has 0 radical (unpaired) electrons. The van der Waals surface area contributed by atoms with Crippen LogP contribution in [-0.2, 0) is 10.0 Å². The van der Waals surface area contributed by atoms with E-state index in [0.29, 0.717) is 11.4 Å². The van der Waals surface area contributed by atoms with E-state index in [4.69, 9.17) is 4.74 Å². The highest BCUT2D eigenvalue weighted by Crippen LogP contribution is 2.26. The molecular weight excluding hydrogens is 348 g/mol. The molecule has 0 atom stereocenters. The fraction of sp³-hybridized carbons (Fsp3) is 0.150. The molecule has 0 aliphatic rings. The molecule has 134 valence electrons. The summed E-state index contributed by atoms with van der Waals surface area (Å²) in [5.74, 6) is 0.547. The average Bonchev–Trinajstić information content (AvgIpc) is 2.62. The van der Waals surface area contributed by atoms with E-state index in [0.717, 1.165) is 11.1 Å². The molecule has 26 heavy (non-hydrogen) atoms. The molecule has 0 saturated carbocycles. The molecule has 0 aliphatic carbocycles. The third-order valence-corrected chi connectivity index (χ3v) is 5.35. The van der Waals surface area contributed by atoms with Crippen LogP contribution in [0.3, 0.4) is 0 Å². The number of anilines is 1. The van der Waals surface area contributed by atoms with Gasteiger partial charge in [-0.1, -0.05) is 42.0 Å². The number of ether oxygens (including phenoxy) is 1. The molecule has 0 unspecified atom stereocenters. The quantitative estimate of drug-likeness (QED) is 0.734. The Bertz CT molecular complexity index is 1010. The van der Waals surface area contributed by atoms with Gasteiger partial charge in [0.15, 0.2) is 11.6 Å². The van der Waals surface area contributed by atoms with Crippen molar-refractivity contribution >= 4 is 15.8 Å². The highest BCUT2D eigenvalue weighted by atomic mass is 32.2. The molecule has 0 aliphatic heterocycles. The number of rotatable bonds is 5. The Kier molecular flexibility index (Phi) is 4.95. The number of nitrogens with zero attached hydrogens (tertiary/aromatic N) is 1. The van der Waals surface area contributed by atoms with Crippen molar-refractivity contribution in [1.82, 2.24) is 4.98 Å². The van der Waals surface area contributed by atoms with Gasteiger partial charge < -0.3 is 4.74 Å². The summed E-state index contributed by atoms with van der Waals surface area (Å²) in [6.07, 6.45) is 0. The first-order valence-electron chi connectivity index (χ1n) is 8.10. The van der Waals surface area contributed by atoms with Crippen molar-refractivity contribution in [3.05, 3.63) is 71.9 Å². The van der Waals surface area contributed by atoms with Crippen molar-refractivity contribution in [3.63, 3.8) is 0 Å². The highest BCUT2D eigenvalue weighted by molar-refractivity contribution is 7.92. The van der Waals surface area contributed by atoms with Gasteiger partial charge in [-0.2, -0.15) is 0 Å². The molecule has 0 fully saturated rings. The van der Waals surface area contributed by atoms with Gasteiger partial charge in [-0.15, -0.1) is 0 Å². The van der Waals surface area contributed by atoms with E-state index in [1.165, 1.54) is 12.7 Å². The number of sulfonamides is 1. The topological polar surface area (TPSA) is 68.3 Å². The number of hydrogen-bond donors (Lipinski definition) is 1. The van der Waals surface area contributed by atoms with E-state index in [1.807, 2.05) is 31.2 Å². The number of hydrogen-bond acceptors (Lipinski definition) is 4. The molecule has 0 amide bonds. The van der Waals surface area contributed by atoms with Gasteiger partial charge in [-0.3, -0.25) is 4.72 Å². The van der Waals surface area contributed by atoms with Gasteiger partial charge in [-0.25, -0.2) is 13.4 Å². The number of methoxy groups -OCH3 is 1. The Morgan fingerprint density at radius 3 is 2.00 bits per heavy atom. The number of aromatic nitrogens is 1. The summed E-state index contributed by atoms with van der Waals surface area (Å²) in [4.78, 5) is 4.38. The fourth-order valence-corrected chi connectivity index (χ4v) is 3.55. The van der Waals surface area contributed by atoms with E-state index in [9.17, 15) is 8.42 Å². The van der Waals surface area contributed by atoms with Crippen LogP contribution in [0, 0.1) is 13.8 Å².